The van der Waals surface area contributed by atoms with Crippen LogP contribution >= 0.6 is 15.9 Å². The van der Waals surface area contributed by atoms with E-state index in [4.69, 9.17) is 4.74 Å². The van der Waals surface area contributed by atoms with Crippen molar-refractivity contribution < 1.29 is 9.84 Å². The second-order valence-corrected chi connectivity index (χ2v) is 6.77. The highest BCUT2D eigenvalue weighted by molar-refractivity contribution is 9.10. The van der Waals surface area contributed by atoms with Crippen molar-refractivity contribution in [3.63, 3.8) is 0 Å². The van der Waals surface area contributed by atoms with E-state index in [1.165, 1.54) is 44.1 Å². The number of nitrogens with zero attached hydrogens (tertiary/aromatic N) is 1. The smallest absolute Gasteiger partial charge is 0.172 e. The molecule has 3 nitrogen and oxygen atoms in total. The lowest BCUT2D eigenvalue weighted by Gasteiger charge is -2.27. The Morgan fingerprint density at radius 1 is 1.24 bits per heavy atom. The maximum Gasteiger partial charge on any atom is 0.172 e. The minimum Gasteiger partial charge on any atom is -0.503 e. The fraction of sp³-hybridized carbons (Fsp3) is 0.647. The van der Waals surface area contributed by atoms with Crippen LogP contribution < -0.4 is 4.74 Å². The minimum absolute atomic E-state index is 0.192. The van der Waals surface area contributed by atoms with Gasteiger partial charge in [0.25, 0.3) is 0 Å². The Labute approximate surface area is 136 Å². The van der Waals surface area contributed by atoms with Gasteiger partial charge in [0, 0.05) is 12.6 Å². The molecule has 0 spiro atoms. The van der Waals surface area contributed by atoms with Crippen LogP contribution in [-0.4, -0.2) is 29.7 Å². The topological polar surface area (TPSA) is 32.7 Å². The van der Waals surface area contributed by atoms with Crippen molar-refractivity contribution in [1.29, 1.82) is 0 Å². The van der Waals surface area contributed by atoms with Crippen molar-refractivity contribution in [1.82, 2.24) is 4.90 Å². The molecule has 0 aliphatic heterocycles. The van der Waals surface area contributed by atoms with Crippen molar-refractivity contribution in [2.75, 3.05) is 13.7 Å². The molecule has 1 aromatic carbocycles. The van der Waals surface area contributed by atoms with Gasteiger partial charge in [0.2, 0.25) is 0 Å². The number of ether oxygens (including phenoxy) is 1. The molecule has 4 heteroatoms. The second-order valence-electron chi connectivity index (χ2n) is 5.92. The molecule has 0 atom stereocenters. The highest BCUT2D eigenvalue weighted by atomic mass is 79.9. The van der Waals surface area contributed by atoms with E-state index in [1.54, 1.807) is 0 Å². The summed E-state index contributed by atoms with van der Waals surface area (Å²) in [7, 11) is 2.21. The number of phenols is 1. The van der Waals surface area contributed by atoms with Crippen LogP contribution in [0.15, 0.2) is 16.6 Å². The predicted octanol–water partition coefficient (Wildman–Crippen LogP) is 4.71. The van der Waals surface area contributed by atoms with E-state index >= 15 is 0 Å². The first-order chi connectivity index (χ1) is 10.1. The molecular formula is C17H26BrNO2. The number of rotatable bonds is 5. The number of halogens is 1. The summed E-state index contributed by atoms with van der Waals surface area (Å²) in [4.78, 5) is 2.44. The Bertz CT molecular complexity index is 456. The lowest BCUT2D eigenvalue weighted by atomic mass is 10.1. The van der Waals surface area contributed by atoms with E-state index in [0.29, 0.717) is 22.9 Å². The SMILES string of the molecule is CCOc1cc(CN(C)C2CCCCCC2)cc(Br)c1O. The first-order valence-corrected chi connectivity index (χ1v) is 8.75. The standard InChI is InChI=1S/C17H26BrNO2/c1-3-21-16-11-13(10-15(18)17(16)20)12-19(2)14-8-6-4-5-7-9-14/h10-11,14,20H,3-9,12H2,1-2H3. The van der Waals surface area contributed by atoms with Crippen LogP contribution in [0.2, 0.25) is 0 Å². The molecule has 0 radical (unpaired) electrons. The molecule has 0 heterocycles. The molecule has 1 fully saturated rings. The monoisotopic (exact) mass is 355 g/mol. The van der Waals surface area contributed by atoms with Crippen LogP contribution in [0.4, 0.5) is 0 Å². The molecule has 1 aromatic rings. The van der Waals surface area contributed by atoms with Crippen LogP contribution in [0, 0.1) is 0 Å². The van der Waals surface area contributed by atoms with Crippen molar-refractivity contribution in [3.05, 3.63) is 22.2 Å². The molecule has 0 unspecified atom stereocenters. The molecule has 1 aliphatic rings. The highest BCUT2D eigenvalue weighted by Gasteiger charge is 2.18. The van der Waals surface area contributed by atoms with Crippen LogP contribution in [-0.2, 0) is 6.54 Å². The summed E-state index contributed by atoms with van der Waals surface area (Å²) in [6.45, 7) is 3.38. The van der Waals surface area contributed by atoms with Crippen LogP contribution in [0.25, 0.3) is 0 Å². The number of phenolic OH excluding ortho intramolecular Hbond substituents is 1. The Hall–Kier alpha value is -0.740. The fourth-order valence-corrected chi connectivity index (χ4v) is 3.59. The van der Waals surface area contributed by atoms with E-state index in [2.05, 4.69) is 27.9 Å². The van der Waals surface area contributed by atoms with Gasteiger partial charge in [-0.2, -0.15) is 0 Å². The maximum atomic E-state index is 9.99. The zero-order chi connectivity index (χ0) is 15.2. The van der Waals surface area contributed by atoms with Gasteiger partial charge in [0.15, 0.2) is 11.5 Å². The third-order valence-corrected chi connectivity index (χ3v) is 4.87. The van der Waals surface area contributed by atoms with Crippen molar-refractivity contribution >= 4 is 15.9 Å². The Morgan fingerprint density at radius 3 is 2.52 bits per heavy atom. The Kier molecular flexibility index (Phi) is 6.37. The third-order valence-electron chi connectivity index (χ3n) is 4.27. The molecule has 1 saturated carbocycles. The Morgan fingerprint density at radius 2 is 1.90 bits per heavy atom. The van der Waals surface area contributed by atoms with E-state index in [1.807, 2.05) is 19.1 Å². The molecule has 0 bridgehead atoms. The van der Waals surface area contributed by atoms with Gasteiger partial charge >= 0.3 is 0 Å². The van der Waals surface area contributed by atoms with Crippen molar-refractivity contribution in [3.8, 4) is 11.5 Å². The molecule has 0 amide bonds. The molecule has 0 saturated heterocycles. The number of benzene rings is 1. The minimum atomic E-state index is 0.192. The summed E-state index contributed by atoms with van der Waals surface area (Å²) in [5, 5.41) is 9.99. The van der Waals surface area contributed by atoms with E-state index in [0.717, 1.165) is 6.54 Å². The van der Waals surface area contributed by atoms with Gasteiger partial charge in [-0.1, -0.05) is 25.7 Å². The van der Waals surface area contributed by atoms with Crippen molar-refractivity contribution in [2.45, 2.75) is 58.0 Å². The van der Waals surface area contributed by atoms with Crippen LogP contribution in [0.3, 0.4) is 0 Å². The summed E-state index contributed by atoms with van der Waals surface area (Å²) < 4.78 is 6.21. The zero-order valence-electron chi connectivity index (χ0n) is 13.1. The molecule has 0 aromatic heterocycles. The maximum absolute atomic E-state index is 9.99. The van der Waals surface area contributed by atoms with Gasteiger partial charge in [-0.15, -0.1) is 0 Å². The third kappa shape index (κ3) is 4.62. The van der Waals surface area contributed by atoms with E-state index in [9.17, 15) is 5.11 Å². The quantitative estimate of drug-likeness (QED) is 0.776. The molecule has 2 rings (SSSR count). The molecule has 1 aliphatic carbocycles. The van der Waals surface area contributed by atoms with Gasteiger partial charge in [-0.3, -0.25) is 4.90 Å². The second kappa shape index (κ2) is 8.04. The fourth-order valence-electron chi connectivity index (χ4n) is 3.10. The molecular weight excluding hydrogens is 330 g/mol. The van der Waals surface area contributed by atoms with Gasteiger partial charge < -0.3 is 9.84 Å². The lowest BCUT2D eigenvalue weighted by molar-refractivity contribution is 0.212. The van der Waals surface area contributed by atoms with Crippen LogP contribution in [0.5, 0.6) is 11.5 Å². The summed E-state index contributed by atoms with van der Waals surface area (Å²) in [5.74, 6) is 0.758. The zero-order valence-corrected chi connectivity index (χ0v) is 14.7. The van der Waals surface area contributed by atoms with E-state index in [-0.39, 0.29) is 5.75 Å². The first-order valence-electron chi connectivity index (χ1n) is 7.96. The highest BCUT2D eigenvalue weighted by Crippen LogP contribution is 2.36. The summed E-state index contributed by atoms with van der Waals surface area (Å²) in [5.41, 5.74) is 1.18. The Balaban J connectivity index is 2.07. The van der Waals surface area contributed by atoms with Crippen LogP contribution in [0.1, 0.15) is 51.0 Å². The van der Waals surface area contributed by atoms with Gasteiger partial charge in [-0.25, -0.2) is 0 Å². The predicted molar refractivity (Wildman–Crippen MR) is 89.9 cm³/mol. The average molecular weight is 356 g/mol. The molecule has 21 heavy (non-hydrogen) atoms. The van der Waals surface area contributed by atoms with E-state index < -0.39 is 0 Å². The summed E-state index contributed by atoms with van der Waals surface area (Å²) in [6, 6.07) is 4.62. The number of hydrogen-bond acceptors (Lipinski definition) is 3. The number of aromatic hydroxyl groups is 1. The molecule has 118 valence electrons. The lowest BCUT2D eigenvalue weighted by Crippen LogP contribution is -2.30. The van der Waals surface area contributed by atoms with Crippen molar-refractivity contribution in [2.24, 2.45) is 0 Å². The summed E-state index contributed by atoms with van der Waals surface area (Å²) >= 11 is 3.42. The van der Waals surface area contributed by atoms with Gasteiger partial charge in [-0.05, 0) is 60.4 Å². The van der Waals surface area contributed by atoms with Gasteiger partial charge in [0.05, 0.1) is 11.1 Å². The largest absolute Gasteiger partial charge is 0.503 e. The normalized spacial score (nSPS) is 17.0. The summed E-state index contributed by atoms with van der Waals surface area (Å²) in [6.07, 6.45) is 8.05. The first kappa shape index (κ1) is 16.6. The average Bonchev–Trinajstić information content (AvgIpc) is 2.73. The van der Waals surface area contributed by atoms with Gasteiger partial charge in [0.1, 0.15) is 0 Å². The molecule has 1 N–H and O–H groups in total. The number of hydrogen-bond donors (Lipinski definition) is 1.